The zero-order chi connectivity index (χ0) is 22.8. The maximum absolute atomic E-state index is 8.67. The fourth-order valence-electron chi connectivity index (χ4n) is 6.75. The van der Waals surface area contributed by atoms with Crippen LogP contribution in [0.2, 0.25) is 0 Å². The number of aliphatic hydroxyl groups is 2. The summed E-state index contributed by atoms with van der Waals surface area (Å²) < 4.78 is 11.4. The van der Waals surface area contributed by atoms with Gasteiger partial charge in [-0.15, -0.1) is 0 Å². The predicted molar refractivity (Wildman–Crippen MR) is 130 cm³/mol. The van der Waals surface area contributed by atoms with Gasteiger partial charge in [0.15, 0.2) is 0 Å². The zero-order valence-corrected chi connectivity index (χ0v) is 20.6. The van der Waals surface area contributed by atoms with Crippen molar-refractivity contribution in [3.63, 3.8) is 0 Å². The number of hydrogen-bond donors (Lipinski definition) is 2. The van der Waals surface area contributed by atoms with Gasteiger partial charge >= 0.3 is 0 Å². The van der Waals surface area contributed by atoms with E-state index in [1.54, 1.807) is 11.1 Å². The Kier molecular flexibility index (Phi) is 11.3. The zero-order valence-electron chi connectivity index (χ0n) is 20.6. The molecular weight excluding hydrogens is 400 g/mol. The minimum absolute atomic E-state index is 0.292. The van der Waals surface area contributed by atoms with Gasteiger partial charge in [-0.05, 0) is 114 Å². The van der Waals surface area contributed by atoms with Crippen LogP contribution < -0.4 is 0 Å². The van der Waals surface area contributed by atoms with Crippen molar-refractivity contribution in [2.45, 2.75) is 78.1 Å². The first-order chi connectivity index (χ1) is 15.7. The third-order valence-corrected chi connectivity index (χ3v) is 8.46. The molecule has 6 unspecified atom stereocenters. The molecule has 4 aliphatic carbocycles. The van der Waals surface area contributed by atoms with Crippen LogP contribution in [-0.2, 0) is 9.47 Å². The fourth-order valence-corrected chi connectivity index (χ4v) is 6.75. The first kappa shape index (κ1) is 25.9. The van der Waals surface area contributed by atoms with E-state index in [1.807, 2.05) is 0 Å². The van der Waals surface area contributed by atoms with E-state index in [9.17, 15) is 0 Å². The van der Waals surface area contributed by atoms with E-state index in [1.165, 1.54) is 38.5 Å². The summed E-state index contributed by atoms with van der Waals surface area (Å²) in [7, 11) is 0. The van der Waals surface area contributed by atoms with E-state index in [4.69, 9.17) is 19.7 Å². The molecule has 2 N–H and O–H groups in total. The highest BCUT2D eigenvalue weighted by atomic mass is 16.5. The van der Waals surface area contributed by atoms with Crippen LogP contribution in [0.5, 0.6) is 0 Å². The number of unbranched alkanes of at least 4 members (excludes halogenated alkanes) is 2. The highest BCUT2D eigenvalue weighted by molar-refractivity contribution is 5.18. The number of rotatable bonds is 12. The Labute approximate surface area is 196 Å². The summed E-state index contributed by atoms with van der Waals surface area (Å²) in [5, 5.41) is 17.3. The molecule has 4 heteroatoms. The molecule has 4 aliphatic rings. The lowest BCUT2D eigenvalue weighted by molar-refractivity contribution is 0.0774. The molecule has 4 saturated carbocycles. The first-order valence-electron chi connectivity index (χ1n) is 13.4. The maximum Gasteiger partial charge on any atom is 0.0500 e. The Balaban J connectivity index is 0.000000181. The molecule has 4 bridgehead atoms. The minimum Gasteiger partial charge on any atom is -0.396 e. The molecule has 4 nitrogen and oxygen atoms in total. The van der Waals surface area contributed by atoms with Gasteiger partial charge in [-0.25, -0.2) is 0 Å². The van der Waals surface area contributed by atoms with Gasteiger partial charge in [0.1, 0.15) is 0 Å². The number of ether oxygens (including phenoxy) is 2. The molecule has 184 valence electrons. The second kappa shape index (κ2) is 13.9. The third kappa shape index (κ3) is 7.16. The van der Waals surface area contributed by atoms with Gasteiger partial charge < -0.3 is 19.7 Å². The van der Waals surface area contributed by atoms with Crippen LogP contribution >= 0.6 is 0 Å². The summed E-state index contributed by atoms with van der Waals surface area (Å²) in [6, 6.07) is 0. The van der Waals surface area contributed by atoms with Crippen LogP contribution in [0.1, 0.15) is 78.1 Å². The summed E-state index contributed by atoms with van der Waals surface area (Å²) in [5.41, 5.74) is 3.38. The standard InChI is InChI=1S/2C14H24O2/c1-2-12-7-11-8-13(14(12)9-11)10-16-6-4-3-5-15;1-2-11-7-13-8-12(11)9-14(13)10-16-6-4-3-5-15/h2,11,13-15H,3-10H2,1H3;2,12-15H,3-10H2,1H3. The van der Waals surface area contributed by atoms with Gasteiger partial charge in [-0.1, -0.05) is 23.3 Å². The van der Waals surface area contributed by atoms with E-state index in [-0.39, 0.29) is 0 Å². The van der Waals surface area contributed by atoms with Crippen LogP contribution in [0.3, 0.4) is 0 Å². The molecule has 32 heavy (non-hydrogen) atoms. The van der Waals surface area contributed by atoms with Gasteiger partial charge in [-0.3, -0.25) is 0 Å². The van der Waals surface area contributed by atoms with Crippen molar-refractivity contribution in [1.29, 1.82) is 0 Å². The van der Waals surface area contributed by atoms with Crippen molar-refractivity contribution in [2.75, 3.05) is 39.6 Å². The van der Waals surface area contributed by atoms with Crippen LogP contribution in [0.25, 0.3) is 0 Å². The Morgan fingerprint density at radius 2 is 1.41 bits per heavy atom. The van der Waals surface area contributed by atoms with Gasteiger partial charge in [0, 0.05) is 39.6 Å². The van der Waals surface area contributed by atoms with E-state index in [2.05, 4.69) is 26.0 Å². The molecule has 0 aromatic heterocycles. The molecule has 0 aromatic carbocycles. The van der Waals surface area contributed by atoms with Gasteiger partial charge in [0.2, 0.25) is 0 Å². The van der Waals surface area contributed by atoms with Crippen molar-refractivity contribution in [1.82, 2.24) is 0 Å². The summed E-state index contributed by atoms with van der Waals surface area (Å²) in [5.74, 6) is 5.13. The molecule has 0 saturated heterocycles. The monoisotopic (exact) mass is 448 g/mol. The molecule has 4 fully saturated rings. The van der Waals surface area contributed by atoms with Gasteiger partial charge in [0.05, 0.1) is 0 Å². The first-order valence-corrected chi connectivity index (χ1v) is 13.4. The summed E-state index contributed by atoms with van der Waals surface area (Å²) in [4.78, 5) is 0. The average molecular weight is 449 g/mol. The summed E-state index contributed by atoms with van der Waals surface area (Å²) in [6.45, 7) is 8.46. The van der Waals surface area contributed by atoms with Crippen LogP contribution in [0.15, 0.2) is 23.3 Å². The molecule has 0 amide bonds. The lowest BCUT2D eigenvalue weighted by atomic mass is 9.85. The van der Waals surface area contributed by atoms with E-state index < -0.39 is 0 Å². The molecule has 0 radical (unpaired) electrons. The van der Waals surface area contributed by atoms with Crippen LogP contribution in [-0.4, -0.2) is 49.9 Å². The fraction of sp³-hybridized carbons (Fsp3) is 0.857. The summed E-state index contributed by atoms with van der Waals surface area (Å²) in [6.07, 6.45) is 16.6. The largest absolute Gasteiger partial charge is 0.396 e. The number of aliphatic hydroxyl groups excluding tert-OH is 2. The van der Waals surface area contributed by atoms with Crippen molar-refractivity contribution in [3.8, 4) is 0 Å². The molecular formula is C28H48O4. The molecule has 0 heterocycles. The molecule has 0 aromatic rings. The third-order valence-electron chi connectivity index (χ3n) is 8.46. The van der Waals surface area contributed by atoms with Gasteiger partial charge in [0.25, 0.3) is 0 Å². The van der Waals surface area contributed by atoms with Crippen molar-refractivity contribution in [3.05, 3.63) is 23.3 Å². The highest BCUT2D eigenvalue weighted by Gasteiger charge is 2.43. The lowest BCUT2D eigenvalue weighted by Crippen LogP contribution is -2.19. The molecule has 0 aliphatic heterocycles. The average Bonchev–Trinajstić information content (AvgIpc) is 3.59. The topological polar surface area (TPSA) is 58.9 Å². The minimum atomic E-state index is 0.292. The van der Waals surface area contributed by atoms with Crippen molar-refractivity contribution in [2.24, 2.45) is 35.5 Å². The number of fused-ring (bicyclic) bond motifs is 4. The second-order valence-electron chi connectivity index (χ2n) is 10.5. The smallest absolute Gasteiger partial charge is 0.0500 e. The molecule has 6 atom stereocenters. The lowest BCUT2D eigenvalue weighted by Gasteiger charge is -2.24. The Bertz CT molecular complexity index is 598. The van der Waals surface area contributed by atoms with Crippen molar-refractivity contribution < 1.29 is 19.7 Å². The SMILES string of the molecule is CC=C1CC2CC(COCCCCO)C1C2.CC=C1CC2CC1CC2COCCCCO. The quantitative estimate of drug-likeness (QED) is 0.304. The van der Waals surface area contributed by atoms with Crippen LogP contribution in [0.4, 0.5) is 0 Å². The Morgan fingerprint density at radius 3 is 1.94 bits per heavy atom. The predicted octanol–water partition coefficient (Wildman–Crippen LogP) is 5.54. The Morgan fingerprint density at radius 1 is 0.750 bits per heavy atom. The molecule has 0 spiro atoms. The maximum atomic E-state index is 8.67. The highest BCUT2D eigenvalue weighted by Crippen LogP contribution is 2.52. The second-order valence-corrected chi connectivity index (χ2v) is 10.5. The van der Waals surface area contributed by atoms with E-state index in [0.29, 0.717) is 13.2 Å². The van der Waals surface area contributed by atoms with E-state index >= 15 is 0 Å². The van der Waals surface area contributed by atoms with Crippen molar-refractivity contribution >= 4 is 0 Å². The Hall–Kier alpha value is -0.680. The van der Waals surface area contributed by atoms with Crippen LogP contribution in [0, 0.1) is 35.5 Å². The summed E-state index contributed by atoms with van der Waals surface area (Å²) >= 11 is 0. The molecule has 4 rings (SSSR count). The van der Waals surface area contributed by atoms with Gasteiger partial charge in [-0.2, -0.15) is 0 Å². The number of hydrogen-bond acceptors (Lipinski definition) is 4. The van der Waals surface area contributed by atoms with E-state index in [0.717, 1.165) is 87.6 Å². The number of allylic oxidation sites excluding steroid dienone is 4. The normalized spacial score (nSPS) is 35.1.